The highest BCUT2D eigenvalue weighted by atomic mass is 16.3. The summed E-state index contributed by atoms with van der Waals surface area (Å²) in [6, 6.07) is 10.5. The molecule has 0 unspecified atom stereocenters. The largest absolute Gasteiger partial charge is 0.388 e. The van der Waals surface area contributed by atoms with E-state index in [0.717, 1.165) is 26.1 Å². The number of nitrogens with zero attached hydrogens (tertiary/aromatic N) is 1. The summed E-state index contributed by atoms with van der Waals surface area (Å²) in [5.41, 5.74) is 0.852. The second-order valence-corrected chi connectivity index (χ2v) is 5.20. The van der Waals surface area contributed by atoms with Crippen LogP contribution in [0, 0.1) is 5.92 Å². The van der Waals surface area contributed by atoms with Crippen LogP contribution in [-0.2, 0) is 6.54 Å². The lowest BCUT2D eigenvalue weighted by atomic mass is 9.90. The van der Waals surface area contributed by atoms with Crippen LogP contribution in [0.25, 0.3) is 0 Å². The Kier molecular flexibility index (Phi) is 3.31. The van der Waals surface area contributed by atoms with Crippen molar-refractivity contribution in [1.82, 2.24) is 4.90 Å². The first-order valence-corrected chi connectivity index (χ1v) is 6.09. The molecular weight excluding hydrogens is 198 g/mol. The number of β-amino-alcohol motifs (C(OH)–C–C–N with tert-alkyl or cyclic N) is 1. The van der Waals surface area contributed by atoms with Gasteiger partial charge in [-0.05, 0) is 17.9 Å². The van der Waals surface area contributed by atoms with Crippen LogP contribution in [-0.4, -0.2) is 28.7 Å². The van der Waals surface area contributed by atoms with Crippen LogP contribution in [0.2, 0.25) is 0 Å². The minimum Gasteiger partial charge on any atom is -0.388 e. The van der Waals surface area contributed by atoms with Gasteiger partial charge in [-0.3, -0.25) is 4.90 Å². The first kappa shape index (κ1) is 11.6. The Hall–Kier alpha value is -0.860. The summed E-state index contributed by atoms with van der Waals surface area (Å²) in [6.45, 7) is 6.97. The number of likely N-dealkylation sites (tertiary alicyclic amines) is 1. The first-order chi connectivity index (χ1) is 7.60. The van der Waals surface area contributed by atoms with Crippen molar-refractivity contribution in [2.24, 2.45) is 5.92 Å². The molecule has 16 heavy (non-hydrogen) atoms. The molecular formula is C14H21NO. The van der Waals surface area contributed by atoms with Gasteiger partial charge in [0.15, 0.2) is 0 Å². The molecule has 1 aromatic carbocycles. The number of benzene rings is 1. The Labute approximate surface area is 97.9 Å². The maximum atomic E-state index is 10.4. The SMILES string of the molecule is CC(C)[C@]1(O)CCN(Cc2ccccc2)C1. The average Bonchev–Trinajstić information content (AvgIpc) is 2.63. The summed E-state index contributed by atoms with van der Waals surface area (Å²) in [5, 5.41) is 10.4. The third kappa shape index (κ3) is 2.45. The van der Waals surface area contributed by atoms with E-state index in [4.69, 9.17) is 0 Å². The maximum absolute atomic E-state index is 10.4. The lowest BCUT2D eigenvalue weighted by Crippen LogP contribution is -2.38. The smallest absolute Gasteiger partial charge is 0.0809 e. The van der Waals surface area contributed by atoms with Gasteiger partial charge < -0.3 is 5.11 Å². The molecule has 0 saturated carbocycles. The van der Waals surface area contributed by atoms with Crippen LogP contribution >= 0.6 is 0 Å². The van der Waals surface area contributed by atoms with Gasteiger partial charge in [-0.2, -0.15) is 0 Å². The van der Waals surface area contributed by atoms with Gasteiger partial charge in [0, 0.05) is 19.6 Å². The van der Waals surface area contributed by atoms with Gasteiger partial charge in [-0.1, -0.05) is 44.2 Å². The molecule has 1 aromatic rings. The summed E-state index contributed by atoms with van der Waals surface area (Å²) >= 11 is 0. The molecule has 0 radical (unpaired) electrons. The predicted octanol–water partition coefficient (Wildman–Crippen LogP) is 2.28. The minimum atomic E-state index is -0.477. The molecule has 0 amide bonds. The standard InChI is InChI=1S/C14H21NO/c1-12(2)14(16)8-9-15(11-14)10-13-6-4-3-5-7-13/h3-7,12,16H,8-11H2,1-2H3/t14-/m0/s1. The van der Waals surface area contributed by atoms with Crippen molar-refractivity contribution >= 4 is 0 Å². The van der Waals surface area contributed by atoms with Gasteiger partial charge in [-0.15, -0.1) is 0 Å². The minimum absolute atomic E-state index is 0.341. The van der Waals surface area contributed by atoms with E-state index in [-0.39, 0.29) is 0 Å². The van der Waals surface area contributed by atoms with Crippen molar-refractivity contribution < 1.29 is 5.11 Å². The Morgan fingerprint density at radius 1 is 1.31 bits per heavy atom. The zero-order chi connectivity index (χ0) is 11.6. The molecule has 0 bridgehead atoms. The molecule has 88 valence electrons. The van der Waals surface area contributed by atoms with Gasteiger partial charge >= 0.3 is 0 Å². The van der Waals surface area contributed by atoms with E-state index in [1.807, 2.05) is 6.07 Å². The van der Waals surface area contributed by atoms with Gasteiger partial charge in [-0.25, -0.2) is 0 Å². The Bertz CT molecular complexity index is 336. The van der Waals surface area contributed by atoms with E-state index in [0.29, 0.717) is 5.92 Å². The van der Waals surface area contributed by atoms with Crippen LogP contribution in [0.5, 0.6) is 0 Å². The zero-order valence-electron chi connectivity index (χ0n) is 10.2. The molecule has 1 fully saturated rings. The van der Waals surface area contributed by atoms with Crippen molar-refractivity contribution in [1.29, 1.82) is 0 Å². The number of rotatable bonds is 3. The van der Waals surface area contributed by atoms with Crippen molar-refractivity contribution in [3.63, 3.8) is 0 Å². The molecule has 0 spiro atoms. The van der Waals surface area contributed by atoms with Crippen LogP contribution < -0.4 is 0 Å². The van der Waals surface area contributed by atoms with E-state index >= 15 is 0 Å². The first-order valence-electron chi connectivity index (χ1n) is 6.09. The van der Waals surface area contributed by atoms with E-state index in [1.165, 1.54) is 5.56 Å². The fourth-order valence-electron chi connectivity index (χ4n) is 2.34. The zero-order valence-corrected chi connectivity index (χ0v) is 10.2. The topological polar surface area (TPSA) is 23.5 Å². The van der Waals surface area contributed by atoms with Gasteiger partial charge in [0.05, 0.1) is 5.60 Å². The summed E-state index contributed by atoms with van der Waals surface area (Å²) in [4.78, 5) is 2.34. The van der Waals surface area contributed by atoms with E-state index in [2.05, 4.69) is 43.0 Å². The molecule has 2 nitrogen and oxygen atoms in total. The van der Waals surface area contributed by atoms with Crippen molar-refractivity contribution in [2.45, 2.75) is 32.4 Å². The molecule has 2 heteroatoms. The maximum Gasteiger partial charge on any atom is 0.0809 e. The number of hydrogen-bond acceptors (Lipinski definition) is 2. The van der Waals surface area contributed by atoms with Crippen molar-refractivity contribution in [2.75, 3.05) is 13.1 Å². The van der Waals surface area contributed by atoms with Gasteiger partial charge in [0.25, 0.3) is 0 Å². The molecule has 1 aliphatic heterocycles. The van der Waals surface area contributed by atoms with Crippen LogP contribution in [0.15, 0.2) is 30.3 Å². The van der Waals surface area contributed by atoms with Crippen molar-refractivity contribution in [3.8, 4) is 0 Å². The number of aliphatic hydroxyl groups is 1. The van der Waals surface area contributed by atoms with Gasteiger partial charge in [0.1, 0.15) is 0 Å². The summed E-state index contributed by atoms with van der Waals surface area (Å²) in [6.07, 6.45) is 0.900. The summed E-state index contributed by atoms with van der Waals surface area (Å²) in [7, 11) is 0. The third-order valence-corrected chi connectivity index (χ3v) is 3.68. The lowest BCUT2D eigenvalue weighted by molar-refractivity contribution is 0.00424. The van der Waals surface area contributed by atoms with E-state index in [9.17, 15) is 5.11 Å². The predicted molar refractivity (Wildman–Crippen MR) is 66.1 cm³/mol. The monoisotopic (exact) mass is 219 g/mol. The normalized spacial score (nSPS) is 26.5. The fourth-order valence-corrected chi connectivity index (χ4v) is 2.34. The molecule has 1 saturated heterocycles. The van der Waals surface area contributed by atoms with Crippen molar-refractivity contribution in [3.05, 3.63) is 35.9 Å². The van der Waals surface area contributed by atoms with Crippen LogP contribution in [0.1, 0.15) is 25.8 Å². The fraction of sp³-hybridized carbons (Fsp3) is 0.571. The van der Waals surface area contributed by atoms with Crippen LogP contribution in [0.4, 0.5) is 0 Å². The molecule has 2 rings (SSSR count). The summed E-state index contributed by atoms with van der Waals surface area (Å²) in [5.74, 6) is 0.341. The van der Waals surface area contributed by atoms with Gasteiger partial charge in [0.2, 0.25) is 0 Å². The summed E-state index contributed by atoms with van der Waals surface area (Å²) < 4.78 is 0. The Balaban J connectivity index is 1.95. The Morgan fingerprint density at radius 2 is 2.00 bits per heavy atom. The highest BCUT2D eigenvalue weighted by molar-refractivity contribution is 5.15. The Morgan fingerprint density at radius 3 is 2.56 bits per heavy atom. The second kappa shape index (κ2) is 4.56. The molecule has 1 atom stereocenters. The average molecular weight is 219 g/mol. The molecule has 1 heterocycles. The molecule has 1 N–H and O–H groups in total. The molecule has 0 aliphatic carbocycles. The van der Waals surface area contributed by atoms with Crippen LogP contribution in [0.3, 0.4) is 0 Å². The number of hydrogen-bond donors (Lipinski definition) is 1. The highest BCUT2D eigenvalue weighted by Crippen LogP contribution is 2.29. The quantitative estimate of drug-likeness (QED) is 0.843. The molecule has 0 aromatic heterocycles. The highest BCUT2D eigenvalue weighted by Gasteiger charge is 2.38. The van der Waals surface area contributed by atoms with E-state index in [1.54, 1.807) is 0 Å². The third-order valence-electron chi connectivity index (χ3n) is 3.68. The second-order valence-electron chi connectivity index (χ2n) is 5.20. The molecule has 1 aliphatic rings. The lowest BCUT2D eigenvalue weighted by Gasteiger charge is -2.27. The van der Waals surface area contributed by atoms with E-state index < -0.39 is 5.60 Å².